The van der Waals surface area contributed by atoms with Crippen LogP contribution in [0.15, 0.2) is 89.0 Å². The highest BCUT2D eigenvalue weighted by Crippen LogP contribution is 2.36. The lowest BCUT2D eigenvalue weighted by atomic mass is 9.93. The maximum atomic E-state index is 13.9. The number of pyridine rings is 1. The number of nitriles is 1. The molecule has 0 aliphatic carbocycles. The molecule has 1 aliphatic heterocycles. The molecule has 5 rings (SSSR count). The van der Waals surface area contributed by atoms with Crippen molar-refractivity contribution in [3.63, 3.8) is 0 Å². The Hall–Kier alpha value is -4.43. The molecule has 0 saturated heterocycles. The maximum absolute atomic E-state index is 13.9. The maximum Gasteiger partial charge on any atom is 0.126 e. The van der Waals surface area contributed by atoms with E-state index in [1.54, 1.807) is 31.3 Å². The van der Waals surface area contributed by atoms with Crippen molar-refractivity contribution in [2.45, 2.75) is 20.3 Å². The third-order valence-corrected chi connectivity index (χ3v) is 6.10. The molecule has 0 radical (unpaired) electrons. The van der Waals surface area contributed by atoms with Crippen molar-refractivity contribution < 1.29 is 4.39 Å². The average molecular weight is 459 g/mol. The van der Waals surface area contributed by atoms with Gasteiger partial charge >= 0.3 is 0 Å². The van der Waals surface area contributed by atoms with E-state index >= 15 is 0 Å². The molecule has 1 unspecified atom stereocenters. The molecule has 4 aromatic rings. The lowest BCUT2D eigenvalue weighted by Crippen LogP contribution is -2.06. The Morgan fingerprint density at radius 2 is 1.77 bits per heavy atom. The van der Waals surface area contributed by atoms with Crippen LogP contribution in [0.25, 0.3) is 22.4 Å². The number of hydrogen-bond donors (Lipinski definition) is 0. The Balaban J connectivity index is 1.63. The first kappa shape index (κ1) is 22.4. The van der Waals surface area contributed by atoms with E-state index in [2.05, 4.69) is 24.0 Å². The molecule has 0 bridgehead atoms. The molecule has 2 heterocycles. The molecule has 1 atom stereocenters. The van der Waals surface area contributed by atoms with Gasteiger partial charge in [0, 0.05) is 29.1 Å². The van der Waals surface area contributed by atoms with Crippen LogP contribution in [0.2, 0.25) is 0 Å². The van der Waals surface area contributed by atoms with Crippen molar-refractivity contribution in [2.24, 2.45) is 15.9 Å². The van der Waals surface area contributed by atoms with Gasteiger partial charge in [-0.1, -0.05) is 19.1 Å². The van der Waals surface area contributed by atoms with Gasteiger partial charge in [0.05, 0.1) is 34.4 Å². The summed E-state index contributed by atoms with van der Waals surface area (Å²) in [7, 11) is 0. The van der Waals surface area contributed by atoms with Crippen LogP contribution in [0.1, 0.15) is 30.0 Å². The zero-order valence-corrected chi connectivity index (χ0v) is 19.5. The highest BCUT2D eigenvalue weighted by atomic mass is 19.1. The summed E-state index contributed by atoms with van der Waals surface area (Å²) in [5.41, 5.74) is 8.39. The van der Waals surface area contributed by atoms with E-state index in [0.717, 1.165) is 51.5 Å². The molecule has 0 spiro atoms. The number of fused-ring (bicyclic) bond motifs is 1. The second-order valence-electron chi connectivity index (χ2n) is 8.77. The number of nitrogens with zero attached hydrogens (tertiary/aromatic N) is 4. The number of aliphatic imine (C=N–C) groups is 2. The highest BCUT2D eigenvalue weighted by Gasteiger charge is 2.19. The van der Waals surface area contributed by atoms with Crippen LogP contribution < -0.4 is 0 Å². The predicted octanol–water partition coefficient (Wildman–Crippen LogP) is 7.60. The molecule has 0 fully saturated rings. The van der Waals surface area contributed by atoms with Crippen molar-refractivity contribution >= 4 is 23.3 Å². The molecule has 1 aromatic heterocycles. The van der Waals surface area contributed by atoms with E-state index in [4.69, 9.17) is 15.2 Å². The topological polar surface area (TPSA) is 61.4 Å². The first-order valence-corrected chi connectivity index (χ1v) is 11.5. The van der Waals surface area contributed by atoms with Gasteiger partial charge in [0.1, 0.15) is 5.82 Å². The minimum Gasteiger partial charge on any atom is -0.260 e. The van der Waals surface area contributed by atoms with E-state index in [0.29, 0.717) is 11.1 Å². The predicted molar refractivity (Wildman–Crippen MR) is 139 cm³/mol. The summed E-state index contributed by atoms with van der Waals surface area (Å²) in [6.45, 7) is 3.88. The minimum atomic E-state index is -0.230. The third kappa shape index (κ3) is 4.64. The third-order valence-electron chi connectivity index (χ3n) is 6.10. The molecule has 0 saturated carbocycles. The zero-order chi connectivity index (χ0) is 24.4. The van der Waals surface area contributed by atoms with Gasteiger partial charge < -0.3 is 0 Å². The lowest BCUT2D eigenvalue weighted by Gasteiger charge is -2.14. The first-order chi connectivity index (χ1) is 17.0. The van der Waals surface area contributed by atoms with Crippen LogP contribution in [-0.4, -0.2) is 16.9 Å². The quantitative estimate of drug-likeness (QED) is 0.317. The molecule has 5 heteroatoms. The second kappa shape index (κ2) is 9.44. The standard InChI is InChI=1S/C30H23FN4/c1-19-14-29(35-24-9-5-21(17-32)6-10-24)26-16-22(8-12-28(26)34-18-19)25-4-3-13-33-30(25)23-7-11-27(31)20(2)15-23/h3-13,15-16,18-19H,14H2,1-2H3. The summed E-state index contributed by atoms with van der Waals surface area (Å²) in [6.07, 6.45) is 4.47. The monoisotopic (exact) mass is 458 g/mol. The molecule has 1 aliphatic rings. The number of aryl methyl sites for hydroxylation is 1. The summed E-state index contributed by atoms with van der Waals surface area (Å²) >= 11 is 0. The van der Waals surface area contributed by atoms with Gasteiger partial charge in [-0.25, -0.2) is 4.39 Å². The smallest absolute Gasteiger partial charge is 0.126 e. The van der Waals surface area contributed by atoms with Crippen molar-refractivity contribution in [1.29, 1.82) is 5.26 Å². The van der Waals surface area contributed by atoms with Crippen LogP contribution in [0.3, 0.4) is 0 Å². The van der Waals surface area contributed by atoms with Gasteiger partial charge in [0.15, 0.2) is 0 Å². The van der Waals surface area contributed by atoms with Gasteiger partial charge in [-0.3, -0.25) is 15.0 Å². The molecular weight excluding hydrogens is 435 g/mol. The van der Waals surface area contributed by atoms with Crippen LogP contribution in [0.4, 0.5) is 15.8 Å². The fraction of sp³-hybridized carbons (Fsp3) is 0.133. The largest absolute Gasteiger partial charge is 0.260 e. The highest BCUT2D eigenvalue weighted by molar-refractivity contribution is 6.09. The van der Waals surface area contributed by atoms with E-state index in [-0.39, 0.29) is 11.7 Å². The SMILES string of the molecule is Cc1cc(-c2ncccc2-c2ccc3c(c2)C(=Nc2ccc(C#N)cc2)CC(C)C=N3)ccc1F. The molecule has 170 valence electrons. The molecule has 4 nitrogen and oxygen atoms in total. The number of halogens is 1. The van der Waals surface area contributed by atoms with Crippen LogP contribution in [-0.2, 0) is 0 Å². The van der Waals surface area contributed by atoms with Crippen LogP contribution in [0, 0.1) is 30.0 Å². The van der Waals surface area contributed by atoms with Crippen molar-refractivity contribution in [3.8, 4) is 28.5 Å². The van der Waals surface area contributed by atoms with Crippen LogP contribution in [0.5, 0.6) is 0 Å². The van der Waals surface area contributed by atoms with Crippen molar-refractivity contribution in [2.75, 3.05) is 0 Å². The van der Waals surface area contributed by atoms with Crippen LogP contribution >= 0.6 is 0 Å². The Morgan fingerprint density at radius 1 is 0.971 bits per heavy atom. The second-order valence-corrected chi connectivity index (χ2v) is 8.77. The summed E-state index contributed by atoms with van der Waals surface area (Å²) in [6, 6.07) is 24.6. The normalized spacial score (nSPS) is 15.9. The molecule has 0 amide bonds. The van der Waals surface area contributed by atoms with E-state index in [9.17, 15) is 4.39 Å². The van der Waals surface area contributed by atoms with E-state index in [1.165, 1.54) is 6.07 Å². The fourth-order valence-electron chi connectivity index (χ4n) is 4.25. The number of rotatable bonds is 3. The molecule has 0 N–H and O–H groups in total. The number of hydrogen-bond acceptors (Lipinski definition) is 4. The Kier molecular flexibility index (Phi) is 6.03. The zero-order valence-electron chi connectivity index (χ0n) is 19.5. The van der Waals surface area contributed by atoms with Gasteiger partial charge in [0.2, 0.25) is 0 Å². The molecule has 35 heavy (non-hydrogen) atoms. The average Bonchev–Trinajstić information content (AvgIpc) is 3.04. The van der Waals surface area contributed by atoms with Crippen molar-refractivity contribution in [1.82, 2.24) is 4.98 Å². The Labute approximate surface area is 204 Å². The van der Waals surface area contributed by atoms with E-state index in [1.807, 2.05) is 48.7 Å². The summed E-state index contributed by atoms with van der Waals surface area (Å²) in [4.78, 5) is 14.3. The van der Waals surface area contributed by atoms with Gasteiger partial charge in [0.25, 0.3) is 0 Å². The molecule has 3 aromatic carbocycles. The Bertz CT molecular complexity index is 1510. The lowest BCUT2D eigenvalue weighted by molar-refractivity contribution is 0.619. The summed E-state index contributed by atoms with van der Waals surface area (Å²) < 4.78 is 13.9. The fourth-order valence-corrected chi connectivity index (χ4v) is 4.25. The number of benzene rings is 3. The summed E-state index contributed by atoms with van der Waals surface area (Å²) in [5.74, 6) is 0.00558. The molecular formula is C30H23FN4. The van der Waals surface area contributed by atoms with Gasteiger partial charge in [-0.05, 0) is 91.1 Å². The number of aromatic nitrogens is 1. The van der Waals surface area contributed by atoms with Gasteiger partial charge in [-0.2, -0.15) is 5.26 Å². The first-order valence-electron chi connectivity index (χ1n) is 11.5. The Morgan fingerprint density at radius 3 is 2.54 bits per heavy atom. The van der Waals surface area contributed by atoms with E-state index < -0.39 is 0 Å². The van der Waals surface area contributed by atoms with Gasteiger partial charge in [-0.15, -0.1) is 0 Å². The summed E-state index contributed by atoms with van der Waals surface area (Å²) in [5, 5.41) is 9.10. The minimum absolute atomic E-state index is 0.230. The van der Waals surface area contributed by atoms with Crippen molar-refractivity contribution in [3.05, 3.63) is 102 Å².